The van der Waals surface area contributed by atoms with Crippen molar-refractivity contribution in [2.75, 3.05) is 13.2 Å². The molecule has 1 saturated heterocycles. The summed E-state index contributed by atoms with van der Waals surface area (Å²) in [5.41, 5.74) is 0. The number of thiocarbonyl (C=S) groups is 1. The van der Waals surface area contributed by atoms with Crippen LogP contribution in [0, 0.1) is 0 Å². The number of rotatable bonds is 1. The van der Waals surface area contributed by atoms with Crippen LogP contribution < -0.4 is 5.32 Å². The summed E-state index contributed by atoms with van der Waals surface area (Å²) in [6, 6.07) is -0.515. The average molecular weight is 188 g/mol. The van der Waals surface area contributed by atoms with Crippen molar-refractivity contribution in [2.24, 2.45) is 0 Å². The zero-order chi connectivity index (χ0) is 9.14. The van der Waals surface area contributed by atoms with Crippen LogP contribution in [-0.4, -0.2) is 35.2 Å². The SMILES string of the molecule is CCOC(=S)N1CC(=O)NC1=O. The largest absolute Gasteiger partial charge is 0.471 e. The molecule has 0 aromatic rings. The molecule has 0 aromatic heterocycles. The zero-order valence-electron chi connectivity index (χ0n) is 6.49. The summed E-state index contributed by atoms with van der Waals surface area (Å²) >= 11 is 4.73. The van der Waals surface area contributed by atoms with Gasteiger partial charge in [-0.1, -0.05) is 0 Å². The monoisotopic (exact) mass is 188 g/mol. The third-order valence-electron chi connectivity index (χ3n) is 1.28. The van der Waals surface area contributed by atoms with E-state index in [0.717, 1.165) is 4.90 Å². The van der Waals surface area contributed by atoms with Gasteiger partial charge in [0.25, 0.3) is 5.17 Å². The molecule has 1 fully saturated rings. The van der Waals surface area contributed by atoms with E-state index in [-0.39, 0.29) is 17.6 Å². The quantitative estimate of drug-likeness (QED) is 0.459. The molecule has 0 radical (unpaired) electrons. The first-order valence-corrected chi connectivity index (χ1v) is 3.84. The minimum absolute atomic E-state index is 0.0425. The zero-order valence-corrected chi connectivity index (χ0v) is 7.31. The van der Waals surface area contributed by atoms with Gasteiger partial charge in [0.1, 0.15) is 6.54 Å². The summed E-state index contributed by atoms with van der Waals surface area (Å²) in [6.45, 7) is 2.09. The maximum absolute atomic E-state index is 10.9. The van der Waals surface area contributed by atoms with Gasteiger partial charge in [-0.05, 0) is 19.1 Å². The Bertz CT molecular complexity index is 241. The standard InChI is InChI=1S/C6H8N2O3S/c1-2-11-6(12)8-3-4(9)7-5(8)10/h2-3H2,1H3,(H,7,9,10). The van der Waals surface area contributed by atoms with Gasteiger partial charge in [0.15, 0.2) is 0 Å². The second kappa shape index (κ2) is 3.48. The summed E-state index contributed by atoms with van der Waals surface area (Å²) in [4.78, 5) is 22.7. The van der Waals surface area contributed by atoms with Crippen LogP contribution in [0.15, 0.2) is 0 Å². The first-order chi connectivity index (χ1) is 5.65. The Morgan fingerprint density at radius 1 is 1.75 bits per heavy atom. The molecule has 0 spiro atoms. The lowest BCUT2D eigenvalue weighted by molar-refractivity contribution is -0.118. The molecule has 66 valence electrons. The molecule has 3 amide bonds. The Labute approximate surface area is 74.7 Å². The van der Waals surface area contributed by atoms with Crippen molar-refractivity contribution >= 4 is 29.3 Å². The summed E-state index contributed by atoms with van der Waals surface area (Å²) in [5, 5.41) is 2.13. The predicted molar refractivity (Wildman–Crippen MR) is 44.5 cm³/mol. The first kappa shape index (κ1) is 8.92. The van der Waals surface area contributed by atoms with Gasteiger partial charge < -0.3 is 4.74 Å². The molecular weight excluding hydrogens is 180 g/mol. The van der Waals surface area contributed by atoms with E-state index < -0.39 is 6.03 Å². The molecule has 5 nitrogen and oxygen atoms in total. The Balaban J connectivity index is 2.58. The normalized spacial score (nSPS) is 16.2. The average Bonchev–Trinajstić information content (AvgIpc) is 2.30. The van der Waals surface area contributed by atoms with Crippen LogP contribution in [0.1, 0.15) is 6.92 Å². The van der Waals surface area contributed by atoms with Gasteiger partial charge in [-0.25, -0.2) is 9.69 Å². The summed E-state index contributed by atoms with van der Waals surface area (Å²) in [5.74, 6) is -0.359. The maximum atomic E-state index is 10.9. The third kappa shape index (κ3) is 1.70. The molecule has 0 aliphatic carbocycles. The second-order valence-electron chi connectivity index (χ2n) is 2.14. The highest BCUT2D eigenvalue weighted by Gasteiger charge is 2.30. The van der Waals surface area contributed by atoms with Crippen molar-refractivity contribution < 1.29 is 14.3 Å². The highest BCUT2D eigenvalue weighted by molar-refractivity contribution is 7.80. The van der Waals surface area contributed by atoms with E-state index in [2.05, 4.69) is 5.32 Å². The number of nitrogens with zero attached hydrogens (tertiary/aromatic N) is 1. The van der Waals surface area contributed by atoms with Crippen molar-refractivity contribution in [3.05, 3.63) is 0 Å². The van der Waals surface area contributed by atoms with Crippen molar-refractivity contribution in [1.82, 2.24) is 10.2 Å². The number of imide groups is 1. The molecule has 6 heteroatoms. The highest BCUT2D eigenvalue weighted by Crippen LogP contribution is 2.01. The molecule has 1 heterocycles. The number of amides is 3. The lowest BCUT2D eigenvalue weighted by Gasteiger charge is -2.12. The number of hydrogen-bond donors (Lipinski definition) is 1. The van der Waals surface area contributed by atoms with E-state index in [0.29, 0.717) is 6.61 Å². The van der Waals surface area contributed by atoms with Crippen molar-refractivity contribution in [1.29, 1.82) is 0 Å². The molecule has 12 heavy (non-hydrogen) atoms. The molecule has 0 atom stereocenters. The lowest BCUT2D eigenvalue weighted by Crippen LogP contribution is -2.34. The van der Waals surface area contributed by atoms with Crippen LogP contribution in [0.25, 0.3) is 0 Å². The van der Waals surface area contributed by atoms with E-state index in [1.165, 1.54) is 0 Å². The van der Waals surface area contributed by atoms with E-state index in [1.807, 2.05) is 0 Å². The van der Waals surface area contributed by atoms with Crippen LogP contribution in [0.2, 0.25) is 0 Å². The van der Waals surface area contributed by atoms with E-state index >= 15 is 0 Å². The fourth-order valence-electron chi connectivity index (χ4n) is 0.791. The Hall–Kier alpha value is -1.17. The van der Waals surface area contributed by atoms with Gasteiger partial charge in [0, 0.05) is 0 Å². The van der Waals surface area contributed by atoms with E-state index in [4.69, 9.17) is 17.0 Å². The van der Waals surface area contributed by atoms with Gasteiger partial charge in [0.05, 0.1) is 6.61 Å². The van der Waals surface area contributed by atoms with Crippen LogP contribution in [0.3, 0.4) is 0 Å². The van der Waals surface area contributed by atoms with E-state index in [1.54, 1.807) is 6.92 Å². The second-order valence-corrected chi connectivity index (χ2v) is 2.49. The van der Waals surface area contributed by atoms with Crippen LogP contribution in [0.5, 0.6) is 0 Å². The van der Waals surface area contributed by atoms with Crippen molar-refractivity contribution in [3.63, 3.8) is 0 Å². The molecule has 1 rings (SSSR count). The number of nitrogens with one attached hydrogen (secondary N) is 1. The van der Waals surface area contributed by atoms with Gasteiger partial charge >= 0.3 is 6.03 Å². The first-order valence-electron chi connectivity index (χ1n) is 3.43. The molecule has 1 N–H and O–H groups in total. The Morgan fingerprint density at radius 3 is 2.83 bits per heavy atom. The Kier molecular flexibility index (Phi) is 2.59. The van der Waals surface area contributed by atoms with Crippen molar-refractivity contribution in [3.8, 4) is 0 Å². The molecule has 1 aliphatic heterocycles. The van der Waals surface area contributed by atoms with E-state index in [9.17, 15) is 9.59 Å². The third-order valence-corrected chi connectivity index (χ3v) is 1.62. The van der Waals surface area contributed by atoms with Crippen LogP contribution in [0.4, 0.5) is 4.79 Å². The van der Waals surface area contributed by atoms with Gasteiger partial charge in [-0.3, -0.25) is 10.1 Å². The van der Waals surface area contributed by atoms with Crippen LogP contribution >= 0.6 is 12.2 Å². The summed E-state index contributed by atoms with van der Waals surface area (Å²) < 4.78 is 4.89. The Morgan fingerprint density at radius 2 is 2.42 bits per heavy atom. The fourth-order valence-corrected chi connectivity index (χ4v) is 1.06. The maximum Gasteiger partial charge on any atom is 0.332 e. The number of ether oxygens (including phenoxy) is 1. The fraction of sp³-hybridized carbons (Fsp3) is 0.500. The smallest absolute Gasteiger partial charge is 0.332 e. The molecule has 0 aromatic carbocycles. The van der Waals surface area contributed by atoms with Crippen LogP contribution in [-0.2, 0) is 9.53 Å². The molecular formula is C6H8N2O3S. The number of carbonyl (C=O) groups excluding carboxylic acids is 2. The molecule has 0 unspecified atom stereocenters. The molecule has 0 saturated carbocycles. The number of urea groups is 1. The minimum atomic E-state index is -0.515. The minimum Gasteiger partial charge on any atom is -0.471 e. The van der Waals surface area contributed by atoms with Crippen molar-refractivity contribution in [2.45, 2.75) is 6.92 Å². The molecule has 0 bridgehead atoms. The summed E-state index contributed by atoms with van der Waals surface area (Å²) in [6.07, 6.45) is 0. The highest BCUT2D eigenvalue weighted by atomic mass is 32.1. The number of hydrogen-bond acceptors (Lipinski definition) is 4. The predicted octanol–water partition coefficient (Wildman–Crippen LogP) is -0.140. The molecule has 1 aliphatic rings. The number of carbonyl (C=O) groups is 2. The topological polar surface area (TPSA) is 58.6 Å². The van der Waals surface area contributed by atoms with Gasteiger partial charge in [-0.15, -0.1) is 0 Å². The van der Waals surface area contributed by atoms with Gasteiger partial charge in [0.2, 0.25) is 5.91 Å². The summed E-state index contributed by atoms with van der Waals surface area (Å²) in [7, 11) is 0. The van der Waals surface area contributed by atoms with Gasteiger partial charge in [-0.2, -0.15) is 0 Å². The lowest BCUT2D eigenvalue weighted by atomic mass is 10.6.